The van der Waals surface area contributed by atoms with Gasteiger partial charge in [-0.2, -0.15) is 9.40 Å². The third-order valence-corrected chi connectivity index (χ3v) is 6.30. The Hall–Kier alpha value is -1.45. The van der Waals surface area contributed by atoms with Gasteiger partial charge in [-0.1, -0.05) is 12.8 Å². The Kier molecular flexibility index (Phi) is 5.45. The molecule has 1 saturated heterocycles. The highest BCUT2D eigenvalue weighted by Gasteiger charge is 2.26. The summed E-state index contributed by atoms with van der Waals surface area (Å²) in [6, 6.07) is 1.81. The zero-order valence-electron chi connectivity index (χ0n) is 14.9. The molecule has 0 aromatic carbocycles. The van der Waals surface area contributed by atoms with E-state index in [2.05, 4.69) is 15.3 Å². The summed E-state index contributed by atoms with van der Waals surface area (Å²) in [5.74, 6) is 0.0492. The van der Waals surface area contributed by atoms with Gasteiger partial charge in [-0.05, 0) is 32.5 Å². The molecular weight excluding hydrogens is 342 g/mol. The summed E-state index contributed by atoms with van der Waals surface area (Å²) < 4.78 is 26.7. The zero-order valence-corrected chi connectivity index (χ0v) is 15.8. The first kappa shape index (κ1) is 18.3. The van der Waals surface area contributed by atoms with Gasteiger partial charge in [0, 0.05) is 6.54 Å². The summed E-state index contributed by atoms with van der Waals surface area (Å²) in [7, 11) is -1.19. The van der Waals surface area contributed by atoms with Gasteiger partial charge in [0.2, 0.25) is 15.9 Å². The number of nitrogens with one attached hydrogen (secondary N) is 1. The van der Waals surface area contributed by atoms with E-state index in [9.17, 15) is 13.2 Å². The number of likely N-dealkylation sites (N-methyl/N-ethyl adjacent to an activating group) is 1. The van der Waals surface area contributed by atoms with Gasteiger partial charge in [0.05, 0.1) is 43.3 Å². The van der Waals surface area contributed by atoms with Crippen molar-refractivity contribution in [3.05, 3.63) is 17.5 Å². The van der Waals surface area contributed by atoms with Crippen molar-refractivity contribution in [3.8, 4) is 0 Å². The van der Waals surface area contributed by atoms with Crippen molar-refractivity contribution in [3.63, 3.8) is 0 Å². The van der Waals surface area contributed by atoms with Crippen LogP contribution in [0.3, 0.4) is 0 Å². The number of amides is 1. The molecule has 1 aromatic rings. The molecule has 2 aliphatic rings. The number of nitrogens with zero attached hydrogens (tertiary/aromatic N) is 4. The SMILES string of the molecule is CN1CCCCCC1C(=O)NCc1cc2n(n1)CCN(S(C)(=O)=O)C2. The second-order valence-electron chi connectivity index (χ2n) is 7.01. The van der Waals surface area contributed by atoms with Crippen LogP contribution in [0.15, 0.2) is 6.07 Å². The van der Waals surface area contributed by atoms with E-state index in [1.165, 1.54) is 17.0 Å². The number of hydrogen-bond donors (Lipinski definition) is 1. The standard InChI is InChI=1S/C16H27N5O3S/c1-19-7-5-3-4-6-15(19)16(22)17-11-13-10-14-12-20(25(2,23)24)8-9-21(14)18-13/h10,15H,3-9,11-12H2,1-2H3,(H,17,22). The number of carbonyl (C=O) groups is 1. The summed E-state index contributed by atoms with van der Waals surface area (Å²) >= 11 is 0. The summed E-state index contributed by atoms with van der Waals surface area (Å²) in [5, 5.41) is 7.48. The minimum Gasteiger partial charge on any atom is -0.349 e. The highest BCUT2D eigenvalue weighted by atomic mass is 32.2. The first-order chi connectivity index (χ1) is 11.8. The molecule has 3 rings (SSSR count). The zero-order chi connectivity index (χ0) is 18.0. The maximum absolute atomic E-state index is 12.5. The van der Waals surface area contributed by atoms with Gasteiger partial charge >= 0.3 is 0 Å². The second-order valence-corrected chi connectivity index (χ2v) is 8.99. The number of sulfonamides is 1. The van der Waals surface area contributed by atoms with Crippen LogP contribution in [0.5, 0.6) is 0 Å². The van der Waals surface area contributed by atoms with Crippen molar-refractivity contribution in [1.82, 2.24) is 24.3 Å². The molecule has 25 heavy (non-hydrogen) atoms. The Bertz CT molecular complexity index is 730. The van der Waals surface area contributed by atoms with Crippen molar-refractivity contribution >= 4 is 15.9 Å². The van der Waals surface area contributed by atoms with E-state index in [1.54, 1.807) is 0 Å². The van der Waals surface area contributed by atoms with Gasteiger partial charge in [0.15, 0.2) is 0 Å². The Labute approximate surface area is 149 Å². The molecule has 1 unspecified atom stereocenters. The molecule has 0 saturated carbocycles. The average molecular weight is 369 g/mol. The molecule has 1 N–H and O–H groups in total. The van der Waals surface area contributed by atoms with Gasteiger partial charge < -0.3 is 5.32 Å². The molecule has 1 atom stereocenters. The predicted molar refractivity (Wildman–Crippen MR) is 94.2 cm³/mol. The fraction of sp³-hybridized carbons (Fsp3) is 0.750. The van der Waals surface area contributed by atoms with E-state index in [1.807, 2.05) is 17.8 Å². The lowest BCUT2D eigenvalue weighted by Gasteiger charge is -2.25. The van der Waals surface area contributed by atoms with E-state index < -0.39 is 10.0 Å². The molecule has 0 radical (unpaired) electrons. The maximum atomic E-state index is 12.5. The summed E-state index contributed by atoms with van der Waals surface area (Å²) in [5.41, 5.74) is 1.64. The Morgan fingerprint density at radius 2 is 2.08 bits per heavy atom. The van der Waals surface area contributed by atoms with E-state index in [4.69, 9.17) is 0 Å². The average Bonchev–Trinajstić information content (AvgIpc) is 2.84. The number of hydrogen-bond acceptors (Lipinski definition) is 5. The quantitative estimate of drug-likeness (QED) is 0.816. The topological polar surface area (TPSA) is 87.5 Å². The van der Waals surface area contributed by atoms with Crippen molar-refractivity contribution < 1.29 is 13.2 Å². The van der Waals surface area contributed by atoms with Crippen LogP contribution in [0.1, 0.15) is 37.1 Å². The van der Waals surface area contributed by atoms with Crippen molar-refractivity contribution in [2.45, 2.75) is 51.4 Å². The van der Waals surface area contributed by atoms with Crippen LogP contribution in [0.2, 0.25) is 0 Å². The molecule has 1 aromatic heterocycles. The van der Waals surface area contributed by atoms with E-state index in [0.29, 0.717) is 26.2 Å². The second kappa shape index (κ2) is 7.43. The summed E-state index contributed by atoms with van der Waals surface area (Å²) in [6.07, 6.45) is 5.53. The lowest BCUT2D eigenvalue weighted by Crippen LogP contribution is -2.44. The van der Waals surface area contributed by atoms with Crippen LogP contribution in [0, 0.1) is 0 Å². The minimum absolute atomic E-state index is 0.0492. The number of aromatic nitrogens is 2. The fourth-order valence-electron chi connectivity index (χ4n) is 3.55. The van der Waals surface area contributed by atoms with Crippen molar-refractivity contribution in [2.75, 3.05) is 26.4 Å². The van der Waals surface area contributed by atoms with Crippen molar-refractivity contribution in [1.29, 1.82) is 0 Å². The molecule has 8 nitrogen and oxygen atoms in total. The summed E-state index contributed by atoms with van der Waals surface area (Å²) in [6.45, 7) is 2.65. The molecule has 0 bridgehead atoms. The van der Waals surface area contributed by atoms with Crippen LogP contribution in [-0.4, -0.2) is 65.7 Å². The monoisotopic (exact) mass is 369 g/mol. The van der Waals surface area contributed by atoms with Gasteiger partial charge in [-0.25, -0.2) is 8.42 Å². The smallest absolute Gasteiger partial charge is 0.237 e. The number of rotatable bonds is 4. The van der Waals surface area contributed by atoms with Crippen molar-refractivity contribution in [2.24, 2.45) is 0 Å². The maximum Gasteiger partial charge on any atom is 0.237 e. The lowest BCUT2D eigenvalue weighted by molar-refractivity contribution is -0.126. The van der Waals surface area contributed by atoms with Gasteiger partial charge in [-0.3, -0.25) is 14.4 Å². The number of likely N-dealkylation sites (tertiary alicyclic amines) is 1. The highest BCUT2D eigenvalue weighted by Crippen LogP contribution is 2.17. The number of carbonyl (C=O) groups excluding carboxylic acids is 1. The Balaban J connectivity index is 1.59. The highest BCUT2D eigenvalue weighted by molar-refractivity contribution is 7.88. The van der Waals surface area contributed by atoms with Crippen LogP contribution in [-0.2, 0) is 34.5 Å². The Morgan fingerprint density at radius 3 is 2.84 bits per heavy atom. The van der Waals surface area contributed by atoms with E-state index >= 15 is 0 Å². The molecule has 1 amide bonds. The van der Waals surface area contributed by atoms with Gasteiger partial charge in [-0.15, -0.1) is 0 Å². The Morgan fingerprint density at radius 1 is 1.28 bits per heavy atom. The molecule has 1 fully saturated rings. The molecule has 140 valence electrons. The largest absolute Gasteiger partial charge is 0.349 e. The normalized spacial score (nSPS) is 23.0. The van der Waals surface area contributed by atoms with Gasteiger partial charge in [0.25, 0.3) is 0 Å². The lowest BCUT2D eigenvalue weighted by atomic mass is 10.1. The minimum atomic E-state index is -3.19. The van der Waals surface area contributed by atoms with E-state index in [-0.39, 0.29) is 11.9 Å². The molecule has 2 aliphatic heterocycles. The molecule has 0 spiro atoms. The third-order valence-electron chi connectivity index (χ3n) is 5.05. The summed E-state index contributed by atoms with van der Waals surface area (Å²) in [4.78, 5) is 14.6. The number of fused-ring (bicyclic) bond motifs is 1. The first-order valence-electron chi connectivity index (χ1n) is 8.83. The predicted octanol–water partition coefficient (Wildman–Crippen LogP) is 0.149. The molecular formula is C16H27N5O3S. The molecule has 3 heterocycles. The van der Waals surface area contributed by atoms with E-state index in [0.717, 1.165) is 37.2 Å². The molecule has 9 heteroatoms. The fourth-order valence-corrected chi connectivity index (χ4v) is 4.33. The van der Waals surface area contributed by atoms with Crippen LogP contribution in [0.25, 0.3) is 0 Å². The first-order valence-corrected chi connectivity index (χ1v) is 10.7. The van der Waals surface area contributed by atoms with Crippen LogP contribution >= 0.6 is 0 Å². The molecule has 0 aliphatic carbocycles. The van der Waals surface area contributed by atoms with Crippen LogP contribution < -0.4 is 5.32 Å². The van der Waals surface area contributed by atoms with Gasteiger partial charge in [0.1, 0.15) is 0 Å². The van der Waals surface area contributed by atoms with Crippen LogP contribution in [0.4, 0.5) is 0 Å². The third kappa shape index (κ3) is 4.39.